The average Bonchev–Trinajstić information content (AvgIpc) is 2.28. The van der Waals surface area contributed by atoms with Crippen molar-refractivity contribution in [3.8, 4) is 0 Å². The van der Waals surface area contributed by atoms with Crippen molar-refractivity contribution < 1.29 is 4.79 Å². The molecule has 0 aliphatic rings. The van der Waals surface area contributed by atoms with Crippen LogP contribution in [0.3, 0.4) is 0 Å². The Morgan fingerprint density at radius 1 is 1.50 bits per heavy atom. The Labute approximate surface area is 117 Å². The third kappa shape index (κ3) is 3.75. The summed E-state index contributed by atoms with van der Waals surface area (Å²) in [6, 6.07) is 5.20. The molecule has 0 heterocycles. The van der Waals surface area contributed by atoms with Crippen LogP contribution in [0.25, 0.3) is 0 Å². The Hall–Kier alpha value is -0.0600. The first-order valence-electron chi connectivity index (χ1n) is 4.82. The first-order chi connectivity index (χ1) is 7.56. The molecule has 5 heteroatoms. The summed E-state index contributed by atoms with van der Waals surface area (Å²) >= 11 is 12.5. The molecule has 1 amide bonds. The van der Waals surface area contributed by atoms with Crippen molar-refractivity contribution in [2.75, 3.05) is 18.9 Å². The SMILES string of the molecule is CN(CCCBr)C(=O)c1ccc(Cl)c(Br)c1. The van der Waals surface area contributed by atoms with E-state index in [-0.39, 0.29) is 5.91 Å². The number of hydrogen-bond acceptors (Lipinski definition) is 1. The summed E-state index contributed by atoms with van der Waals surface area (Å²) in [6.07, 6.45) is 0.941. The monoisotopic (exact) mass is 367 g/mol. The second kappa shape index (κ2) is 6.62. The minimum atomic E-state index is 0.0123. The number of rotatable bonds is 4. The van der Waals surface area contributed by atoms with Gasteiger partial charge in [-0.2, -0.15) is 0 Å². The maximum absolute atomic E-state index is 12.0. The number of carbonyl (C=O) groups is 1. The van der Waals surface area contributed by atoms with Gasteiger partial charge in [0, 0.05) is 29.0 Å². The lowest BCUT2D eigenvalue weighted by Gasteiger charge is -2.16. The average molecular weight is 369 g/mol. The topological polar surface area (TPSA) is 20.3 Å². The molecule has 0 aliphatic carbocycles. The summed E-state index contributed by atoms with van der Waals surface area (Å²) in [5.41, 5.74) is 0.647. The molecule has 0 saturated carbocycles. The molecule has 0 spiro atoms. The highest BCUT2D eigenvalue weighted by atomic mass is 79.9. The second-order valence-corrected chi connectivity index (χ2v) is 5.45. The first-order valence-corrected chi connectivity index (χ1v) is 7.12. The number of amides is 1. The van der Waals surface area contributed by atoms with Crippen LogP contribution in [0, 0.1) is 0 Å². The van der Waals surface area contributed by atoms with Gasteiger partial charge >= 0.3 is 0 Å². The molecule has 1 rings (SSSR count). The molecule has 0 aliphatic heterocycles. The maximum atomic E-state index is 12.0. The third-order valence-corrected chi connectivity index (χ3v) is 3.92. The van der Waals surface area contributed by atoms with Gasteiger partial charge in [0.05, 0.1) is 5.02 Å². The van der Waals surface area contributed by atoms with Gasteiger partial charge < -0.3 is 4.90 Å². The fourth-order valence-corrected chi connectivity index (χ4v) is 2.00. The summed E-state index contributed by atoms with van der Waals surface area (Å²) < 4.78 is 0.744. The van der Waals surface area contributed by atoms with Gasteiger partial charge in [0.1, 0.15) is 0 Å². The number of alkyl halides is 1. The molecule has 0 bridgehead atoms. The normalized spacial score (nSPS) is 10.2. The lowest BCUT2D eigenvalue weighted by atomic mass is 10.2. The first kappa shape index (κ1) is 14.0. The third-order valence-electron chi connectivity index (χ3n) is 2.14. The minimum absolute atomic E-state index is 0.0123. The Morgan fingerprint density at radius 2 is 2.19 bits per heavy atom. The molecule has 1 aromatic carbocycles. The van der Waals surface area contributed by atoms with Crippen LogP contribution >= 0.6 is 43.5 Å². The highest BCUT2D eigenvalue weighted by Gasteiger charge is 2.12. The van der Waals surface area contributed by atoms with Crippen molar-refractivity contribution in [2.45, 2.75) is 6.42 Å². The minimum Gasteiger partial charge on any atom is -0.342 e. The number of carbonyl (C=O) groups excluding carboxylic acids is 1. The van der Waals surface area contributed by atoms with Crippen LogP contribution < -0.4 is 0 Å². The molecule has 0 fully saturated rings. The molecule has 0 unspecified atom stereocenters. The van der Waals surface area contributed by atoms with E-state index in [1.54, 1.807) is 30.1 Å². The second-order valence-electron chi connectivity index (χ2n) is 3.40. The van der Waals surface area contributed by atoms with Crippen LogP contribution in [0.1, 0.15) is 16.8 Å². The van der Waals surface area contributed by atoms with Crippen molar-refractivity contribution in [3.05, 3.63) is 33.3 Å². The molecule has 16 heavy (non-hydrogen) atoms. The highest BCUT2D eigenvalue weighted by Crippen LogP contribution is 2.23. The van der Waals surface area contributed by atoms with Gasteiger partial charge in [0.2, 0.25) is 0 Å². The molecule has 0 saturated heterocycles. The molecule has 2 nitrogen and oxygen atoms in total. The van der Waals surface area contributed by atoms with E-state index in [2.05, 4.69) is 31.9 Å². The number of benzene rings is 1. The smallest absolute Gasteiger partial charge is 0.253 e. The van der Waals surface area contributed by atoms with Crippen molar-refractivity contribution in [3.63, 3.8) is 0 Å². The summed E-state index contributed by atoms with van der Waals surface area (Å²) in [5.74, 6) is 0.0123. The van der Waals surface area contributed by atoms with Crippen LogP contribution in [-0.4, -0.2) is 29.7 Å². The van der Waals surface area contributed by atoms with E-state index in [4.69, 9.17) is 11.6 Å². The quantitative estimate of drug-likeness (QED) is 0.736. The van der Waals surface area contributed by atoms with Crippen molar-refractivity contribution in [2.24, 2.45) is 0 Å². The fraction of sp³-hybridized carbons (Fsp3) is 0.364. The van der Waals surface area contributed by atoms with Gasteiger partial charge in [-0.05, 0) is 40.5 Å². The molecule has 88 valence electrons. The van der Waals surface area contributed by atoms with Gasteiger partial charge in [0.15, 0.2) is 0 Å². The Balaban J connectivity index is 2.76. The molecule has 0 radical (unpaired) electrons. The summed E-state index contributed by atoms with van der Waals surface area (Å²) in [4.78, 5) is 13.7. The lowest BCUT2D eigenvalue weighted by molar-refractivity contribution is 0.0795. The Kier molecular flexibility index (Phi) is 5.79. The van der Waals surface area contributed by atoms with Crippen LogP contribution in [-0.2, 0) is 0 Å². The maximum Gasteiger partial charge on any atom is 0.253 e. The molecular formula is C11H12Br2ClNO. The van der Waals surface area contributed by atoms with Gasteiger partial charge in [-0.1, -0.05) is 27.5 Å². The number of nitrogens with zero attached hydrogens (tertiary/aromatic N) is 1. The van der Waals surface area contributed by atoms with E-state index in [1.807, 2.05) is 0 Å². The lowest BCUT2D eigenvalue weighted by Crippen LogP contribution is -2.27. The molecule has 0 atom stereocenters. The molecular weight excluding hydrogens is 357 g/mol. The van der Waals surface area contributed by atoms with Crippen molar-refractivity contribution in [1.82, 2.24) is 4.90 Å². The summed E-state index contributed by atoms with van der Waals surface area (Å²) in [6.45, 7) is 0.740. The zero-order valence-electron chi connectivity index (χ0n) is 8.84. The van der Waals surface area contributed by atoms with Gasteiger partial charge in [0.25, 0.3) is 5.91 Å². The molecule has 0 N–H and O–H groups in total. The summed E-state index contributed by atoms with van der Waals surface area (Å²) in [5, 5.41) is 1.51. The predicted molar refractivity (Wildman–Crippen MR) is 74.5 cm³/mol. The van der Waals surface area contributed by atoms with E-state index in [0.717, 1.165) is 22.8 Å². The van der Waals surface area contributed by atoms with Crippen LogP contribution in [0.15, 0.2) is 22.7 Å². The van der Waals surface area contributed by atoms with E-state index >= 15 is 0 Å². The Bertz CT molecular complexity index is 384. The van der Waals surface area contributed by atoms with E-state index < -0.39 is 0 Å². The summed E-state index contributed by atoms with van der Waals surface area (Å²) in [7, 11) is 1.80. The number of hydrogen-bond donors (Lipinski definition) is 0. The van der Waals surface area contributed by atoms with Crippen LogP contribution in [0.2, 0.25) is 5.02 Å². The van der Waals surface area contributed by atoms with E-state index in [1.165, 1.54) is 0 Å². The van der Waals surface area contributed by atoms with E-state index in [0.29, 0.717) is 10.6 Å². The zero-order valence-corrected chi connectivity index (χ0v) is 12.8. The molecule has 0 aromatic heterocycles. The van der Waals surface area contributed by atoms with Gasteiger partial charge in [-0.15, -0.1) is 0 Å². The van der Waals surface area contributed by atoms with Gasteiger partial charge in [-0.25, -0.2) is 0 Å². The molecule has 1 aromatic rings. The fourth-order valence-electron chi connectivity index (χ4n) is 1.25. The van der Waals surface area contributed by atoms with E-state index in [9.17, 15) is 4.79 Å². The van der Waals surface area contributed by atoms with Crippen LogP contribution in [0.4, 0.5) is 0 Å². The van der Waals surface area contributed by atoms with Crippen molar-refractivity contribution in [1.29, 1.82) is 0 Å². The standard InChI is InChI=1S/C11H12Br2ClNO/c1-15(6-2-5-12)11(16)8-3-4-10(14)9(13)7-8/h3-4,7H,2,5-6H2,1H3. The zero-order chi connectivity index (χ0) is 12.1. The predicted octanol–water partition coefficient (Wildman–Crippen LogP) is 3.96. The largest absolute Gasteiger partial charge is 0.342 e. The Morgan fingerprint density at radius 3 is 2.75 bits per heavy atom. The highest BCUT2D eigenvalue weighted by molar-refractivity contribution is 9.10. The van der Waals surface area contributed by atoms with Gasteiger partial charge in [-0.3, -0.25) is 4.79 Å². The van der Waals surface area contributed by atoms with Crippen molar-refractivity contribution >= 4 is 49.4 Å². The number of halogens is 3. The van der Waals surface area contributed by atoms with Crippen LogP contribution in [0.5, 0.6) is 0 Å².